The summed E-state index contributed by atoms with van der Waals surface area (Å²) in [4.78, 5) is 11.9. The maximum absolute atomic E-state index is 11.9. The minimum Gasteiger partial charge on any atom is -0.490 e. The minimum atomic E-state index is -0.106. The second kappa shape index (κ2) is 9.74. The van der Waals surface area contributed by atoms with Gasteiger partial charge in [0.05, 0.1) is 11.1 Å². The fraction of sp³-hybridized carbons (Fsp3) is 0.500. The van der Waals surface area contributed by atoms with E-state index in [1.54, 1.807) is 32.4 Å². The van der Waals surface area contributed by atoms with E-state index in [9.17, 15) is 4.79 Å². The smallest absolute Gasteiger partial charge is 0.251 e. The molecule has 5 nitrogen and oxygen atoms in total. The normalized spacial score (nSPS) is 10.3. The molecule has 20 heavy (non-hydrogen) atoms. The number of nitrogens with one attached hydrogen (secondary N) is 1. The Labute approximate surface area is 127 Å². The number of ether oxygens (including phenoxy) is 3. The Morgan fingerprint density at radius 1 is 1.20 bits per heavy atom. The predicted molar refractivity (Wildman–Crippen MR) is 80.3 cm³/mol. The molecule has 0 fully saturated rings. The molecule has 1 aromatic carbocycles. The van der Waals surface area contributed by atoms with Gasteiger partial charge < -0.3 is 19.5 Å². The summed E-state index contributed by atoms with van der Waals surface area (Å²) in [6, 6.07) is 5.25. The van der Waals surface area contributed by atoms with E-state index in [2.05, 4.69) is 21.2 Å². The maximum Gasteiger partial charge on any atom is 0.251 e. The SMILES string of the molecule is COCCCNC(=O)c1ccc(OCCOC)c(Br)c1. The molecule has 1 amide bonds. The number of rotatable bonds is 9. The van der Waals surface area contributed by atoms with Crippen molar-refractivity contribution >= 4 is 21.8 Å². The van der Waals surface area contributed by atoms with Crippen LogP contribution in [0.1, 0.15) is 16.8 Å². The van der Waals surface area contributed by atoms with Gasteiger partial charge in [0.15, 0.2) is 0 Å². The van der Waals surface area contributed by atoms with Gasteiger partial charge in [-0.2, -0.15) is 0 Å². The number of hydrogen-bond acceptors (Lipinski definition) is 4. The second-order valence-corrected chi connectivity index (χ2v) is 4.94. The Morgan fingerprint density at radius 3 is 2.60 bits per heavy atom. The first-order valence-corrected chi connectivity index (χ1v) is 7.16. The average molecular weight is 346 g/mol. The molecule has 0 bridgehead atoms. The first-order valence-electron chi connectivity index (χ1n) is 6.37. The van der Waals surface area contributed by atoms with Gasteiger partial charge in [-0.1, -0.05) is 0 Å². The number of amides is 1. The summed E-state index contributed by atoms with van der Waals surface area (Å²) >= 11 is 3.39. The van der Waals surface area contributed by atoms with Crippen LogP contribution >= 0.6 is 15.9 Å². The molecule has 0 aromatic heterocycles. The molecule has 1 rings (SSSR count). The molecule has 0 aliphatic rings. The summed E-state index contributed by atoms with van der Waals surface area (Å²) in [5, 5.41) is 2.83. The predicted octanol–water partition coefficient (Wildman–Crippen LogP) is 2.24. The van der Waals surface area contributed by atoms with Crippen molar-refractivity contribution in [3.63, 3.8) is 0 Å². The number of halogens is 1. The van der Waals surface area contributed by atoms with E-state index < -0.39 is 0 Å². The summed E-state index contributed by atoms with van der Waals surface area (Å²) < 4.78 is 16.1. The molecule has 0 atom stereocenters. The van der Waals surface area contributed by atoms with Gasteiger partial charge in [-0.25, -0.2) is 0 Å². The highest BCUT2D eigenvalue weighted by atomic mass is 79.9. The zero-order valence-electron chi connectivity index (χ0n) is 11.8. The minimum absolute atomic E-state index is 0.106. The van der Waals surface area contributed by atoms with Crippen LogP contribution in [0.5, 0.6) is 5.75 Å². The largest absolute Gasteiger partial charge is 0.490 e. The Kier molecular flexibility index (Phi) is 8.25. The highest BCUT2D eigenvalue weighted by molar-refractivity contribution is 9.10. The molecule has 0 spiro atoms. The van der Waals surface area contributed by atoms with Crippen LogP contribution in [0.15, 0.2) is 22.7 Å². The van der Waals surface area contributed by atoms with Crippen molar-refractivity contribution in [2.75, 3.05) is 40.6 Å². The van der Waals surface area contributed by atoms with Gasteiger partial charge in [-0.05, 0) is 40.5 Å². The zero-order chi connectivity index (χ0) is 14.8. The Bertz CT molecular complexity index is 426. The van der Waals surface area contributed by atoms with Gasteiger partial charge in [0, 0.05) is 32.9 Å². The molecule has 1 aromatic rings. The molecule has 0 radical (unpaired) electrons. The molecule has 6 heteroatoms. The van der Waals surface area contributed by atoms with Crippen LogP contribution in [-0.2, 0) is 9.47 Å². The Hall–Kier alpha value is -1.11. The van der Waals surface area contributed by atoms with E-state index in [0.29, 0.717) is 37.7 Å². The lowest BCUT2D eigenvalue weighted by Crippen LogP contribution is -2.25. The Morgan fingerprint density at radius 2 is 1.95 bits per heavy atom. The number of benzene rings is 1. The monoisotopic (exact) mass is 345 g/mol. The standard InChI is InChI=1S/C14H20BrNO4/c1-18-7-3-6-16-14(17)11-4-5-13(12(15)10-11)20-9-8-19-2/h4-5,10H,3,6-9H2,1-2H3,(H,16,17). The zero-order valence-corrected chi connectivity index (χ0v) is 13.4. The van der Waals surface area contributed by atoms with Gasteiger partial charge in [-0.15, -0.1) is 0 Å². The fourth-order valence-electron chi connectivity index (χ4n) is 1.51. The molecule has 1 N–H and O–H groups in total. The number of carbonyl (C=O) groups excluding carboxylic acids is 1. The van der Waals surface area contributed by atoms with Crippen molar-refractivity contribution in [3.05, 3.63) is 28.2 Å². The molecule has 0 heterocycles. The van der Waals surface area contributed by atoms with Crippen molar-refractivity contribution in [1.82, 2.24) is 5.32 Å². The fourth-order valence-corrected chi connectivity index (χ4v) is 2.01. The van der Waals surface area contributed by atoms with E-state index in [1.807, 2.05) is 0 Å². The Balaban J connectivity index is 2.50. The summed E-state index contributed by atoms with van der Waals surface area (Å²) in [6.07, 6.45) is 0.793. The maximum atomic E-state index is 11.9. The van der Waals surface area contributed by atoms with Crippen LogP contribution in [-0.4, -0.2) is 46.5 Å². The van der Waals surface area contributed by atoms with E-state index in [1.165, 1.54) is 0 Å². The highest BCUT2D eigenvalue weighted by Gasteiger charge is 2.08. The van der Waals surface area contributed by atoms with Crippen LogP contribution in [0.3, 0.4) is 0 Å². The molecule has 112 valence electrons. The van der Waals surface area contributed by atoms with Crippen molar-refractivity contribution in [3.8, 4) is 5.75 Å². The first-order chi connectivity index (χ1) is 9.69. The first kappa shape index (κ1) is 16.9. The number of methoxy groups -OCH3 is 2. The van der Waals surface area contributed by atoms with Crippen molar-refractivity contribution in [1.29, 1.82) is 0 Å². The topological polar surface area (TPSA) is 56.8 Å². The third-order valence-electron chi connectivity index (χ3n) is 2.55. The molecular weight excluding hydrogens is 326 g/mol. The third-order valence-corrected chi connectivity index (χ3v) is 3.17. The van der Waals surface area contributed by atoms with E-state index in [-0.39, 0.29) is 5.91 Å². The molecule has 0 aliphatic carbocycles. The van der Waals surface area contributed by atoms with Crippen LogP contribution in [0.25, 0.3) is 0 Å². The van der Waals surface area contributed by atoms with E-state index in [4.69, 9.17) is 14.2 Å². The van der Waals surface area contributed by atoms with E-state index in [0.717, 1.165) is 10.9 Å². The number of hydrogen-bond donors (Lipinski definition) is 1. The lowest BCUT2D eigenvalue weighted by atomic mass is 10.2. The van der Waals surface area contributed by atoms with Gasteiger partial charge >= 0.3 is 0 Å². The summed E-state index contributed by atoms with van der Waals surface area (Å²) in [5.41, 5.74) is 0.591. The summed E-state index contributed by atoms with van der Waals surface area (Å²) in [7, 11) is 3.26. The molecular formula is C14H20BrNO4. The molecule has 0 aliphatic heterocycles. The quantitative estimate of drug-likeness (QED) is 0.697. The van der Waals surface area contributed by atoms with Crippen LogP contribution < -0.4 is 10.1 Å². The van der Waals surface area contributed by atoms with Crippen molar-refractivity contribution < 1.29 is 19.0 Å². The van der Waals surface area contributed by atoms with Crippen LogP contribution in [0, 0.1) is 0 Å². The van der Waals surface area contributed by atoms with Gasteiger partial charge in [0.2, 0.25) is 0 Å². The van der Waals surface area contributed by atoms with Crippen molar-refractivity contribution in [2.24, 2.45) is 0 Å². The summed E-state index contributed by atoms with van der Waals surface area (Å²) in [5.74, 6) is 0.586. The molecule has 0 saturated carbocycles. The lowest BCUT2D eigenvalue weighted by molar-refractivity contribution is 0.0948. The lowest BCUT2D eigenvalue weighted by Gasteiger charge is -2.10. The molecule has 0 saturated heterocycles. The summed E-state index contributed by atoms with van der Waals surface area (Å²) in [6.45, 7) is 2.22. The van der Waals surface area contributed by atoms with Gasteiger partial charge in [0.1, 0.15) is 12.4 Å². The van der Waals surface area contributed by atoms with Gasteiger partial charge in [0.25, 0.3) is 5.91 Å². The average Bonchev–Trinajstić information content (AvgIpc) is 2.45. The number of carbonyl (C=O) groups is 1. The van der Waals surface area contributed by atoms with Gasteiger partial charge in [-0.3, -0.25) is 4.79 Å². The van der Waals surface area contributed by atoms with Crippen molar-refractivity contribution in [2.45, 2.75) is 6.42 Å². The van der Waals surface area contributed by atoms with E-state index >= 15 is 0 Å². The third kappa shape index (κ3) is 5.90. The highest BCUT2D eigenvalue weighted by Crippen LogP contribution is 2.25. The molecule has 0 unspecified atom stereocenters. The van der Waals surface area contributed by atoms with Crippen LogP contribution in [0.2, 0.25) is 0 Å². The van der Waals surface area contributed by atoms with Crippen LogP contribution in [0.4, 0.5) is 0 Å². The second-order valence-electron chi connectivity index (χ2n) is 4.09.